The van der Waals surface area contributed by atoms with Crippen molar-refractivity contribution < 1.29 is 9.59 Å². The van der Waals surface area contributed by atoms with Crippen LogP contribution in [0, 0.1) is 0 Å². The number of amides is 2. The minimum Gasteiger partial charge on any atom is -0.359 e. The van der Waals surface area contributed by atoms with Crippen LogP contribution in [-0.4, -0.2) is 34.4 Å². The van der Waals surface area contributed by atoms with E-state index in [4.69, 9.17) is 0 Å². The number of nitrogens with zero attached hydrogens (tertiary/aromatic N) is 1. The lowest BCUT2D eigenvalue weighted by molar-refractivity contribution is -0.121. The number of nitrogens with one attached hydrogen (secondary N) is 3. The Morgan fingerprint density at radius 1 is 1.24 bits per heavy atom. The van der Waals surface area contributed by atoms with Crippen molar-refractivity contribution >= 4 is 11.8 Å². The maximum Gasteiger partial charge on any atom is 0.266 e. The van der Waals surface area contributed by atoms with Crippen LogP contribution in [0.2, 0.25) is 0 Å². The fourth-order valence-electron chi connectivity index (χ4n) is 2.34. The molecule has 0 bridgehead atoms. The van der Waals surface area contributed by atoms with E-state index in [9.17, 15) is 14.4 Å². The summed E-state index contributed by atoms with van der Waals surface area (Å²) in [5, 5.41) is 5.50. The molecule has 1 heterocycles. The first-order valence-corrected chi connectivity index (χ1v) is 7.98. The van der Waals surface area contributed by atoms with Gasteiger partial charge in [0.1, 0.15) is 0 Å². The third kappa shape index (κ3) is 5.27. The molecule has 0 atom stereocenters. The molecule has 1 aromatic carbocycles. The van der Waals surface area contributed by atoms with Gasteiger partial charge in [-0.05, 0) is 32.4 Å². The van der Waals surface area contributed by atoms with Crippen LogP contribution in [0.1, 0.15) is 37.0 Å². The van der Waals surface area contributed by atoms with Crippen LogP contribution in [-0.2, 0) is 4.79 Å². The highest BCUT2D eigenvalue weighted by Gasteiger charge is 2.22. The smallest absolute Gasteiger partial charge is 0.266 e. The molecule has 2 aromatic rings. The maximum absolute atomic E-state index is 12.5. The molecule has 2 amide bonds. The first-order valence-electron chi connectivity index (χ1n) is 7.98. The first kappa shape index (κ1) is 18.4. The van der Waals surface area contributed by atoms with Crippen LogP contribution in [0.3, 0.4) is 0 Å². The molecule has 7 nitrogen and oxygen atoms in total. The summed E-state index contributed by atoms with van der Waals surface area (Å²) < 4.78 is 0. The minimum atomic E-state index is -0.526. The Morgan fingerprint density at radius 2 is 2.00 bits per heavy atom. The standard InChI is InChI=1S/C18H22N4O3/c1-18(2,8-7-15(23)19-3)22-17(25)13-6-4-5-12(9-13)14-10-20-11-16(24)21-14/h4-6,9-11H,7-8H2,1-3H3,(H,19,23)(H,21,24)(H,22,25). The molecule has 25 heavy (non-hydrogen) atoms. The number of carbonyl (C=O) groups excluding carboxylic acids is 2. The Morgan fingerprint density at radius 3 is 2.68 bits per heavy atom. The number of benzene rings is 1. The van der Waals surface area contributed by atoms with Crippen molar-refractivity contribution in [3.8, 4) is 11.3 Å². The van der Waals surface area contributed by atoms with Crippen molar-refractivity contribution in [1.29, 1.82) is 0 Å². The van der Waals surface area contributed by atoms with Gasteiger partial charge in [0.05, 0.1) is 18.1 Å². The van der Waals surface area contributed by atoms with Crippen molar-refractivity contribution in [2.75, 3.05) is 7.05 Å². The Labute approximate surface area is 145 Å². The van der Waals surface area contributed by atoms with Crippen LogP contribution in [0.15, 0.2) is 41.5 Å². The molecule has 0 saturated carbocycles. The molecule has 0 aliphatic heterocycles. The van der Waals surface area contributed by atoms with Gasteiger partial charge in [-0.3, -0.25) is 19.4 Å². The molecule has 0 saturated heterocycles. The first-order chi connectivity index (χ1) is 11.8. The second-order valence-corrected chi connectivity index (χ2v) is 6.40. The van der Waals surface area contributed by atoms with E-state index < -0.39 is 5.54 Å². The zero-order valence-corrected chi connectivity index (χ0v) is 14.6. The van der Waals surface area contributed by atoms with Crippen molar-refractivity contribution in [1.82, 2.24) is 20.6 Å². The van der Waals surface area contributed by atoms with E-state index in [2.05, 4.69) is 20.6 Å². The number of rotatable bonds is 6. The van der Waals surface area contributed by atoms with E-state index in [0.29, 0.717) is 29.7 Å². The number of H-pyrrole nitrogens is 1. The van der Waals surface area contributed by atoms with E-state index in [1.807, 2.05) is 13.8 Å². The number of hydrogen-bond acceptors (Lipinski definition) is 4. The third-order valence-electron chi connectivity index (χ3n) is 3.80. The lowest BCUT2D eigenvalue weighted by atomic mass is 9.97. The monoisotopic (exact) mass is 342 g/mol. The van der Waals surface area contributed by atoms with Gasteiger partial charge >= 0.3 is 0 Å². The molecular formula is C18H22N4O3. The van der Waals surface area contributed by atoms with Crippen molar-refractivity contribution in [3.63, 3.8) is 0 Å². The summed E-state index contributed by atoms with van der Waals surface area (Å²) in [7, 11) is 1.59. The topological polar surface area (TPSA) is 104 Å². The van der Waals surface area contributed by atoms with Crippen LogP contribution < -0.4 is 16.2 Å². The van der Waals surface area contributed by atoms with E-state index in [1.165, 1.54) is 12.4 Å². The second-order valence-electron chi connectivity index (χ2n) is 6.40. The number of carbonyl (C=O) groups is 2. The summed E-state index contributed by atoms with van der Waals surface area (Å²) >= 11 is 0. The highest BCUT2D eigenvalue weighted by Crippen LogP contribution is 2.18. The molecular weight excluding hydrogens is 320 g/mol. The molecule has 0 fully saturated rings. The number of aromatic nitrogens is 2. The SMILES string of the molecule is CNC(=O)CCC(C)(C)NC(=O)c1cccc(-c2cncc(=O)[nH]2)c1. The summed E-state index contributed by atoms with van der Waals surface area (Å²) in [4.78, 5) is 41.8. The van der Waals surface area contributed by atoms with Gasteiger partial charge in [-0.2, -0.15) is 0 Å². The van der Waals surface area contributed by atoms with E-state index in [0.717, 1.165) is 0 Å². The van der Waals surface area contributed by atoms with Crippen LogP contribution in [0.4, 0.5) is 0 Å². The fraction of sp³-hybridized carbons (Fsp3) is 0.333. The zero-order valence-electron chi connectivity index (χ0n) is 14.6. The van der Waals surface area contributed by atoms with Gasteiger partial charge < -0.3 is 15.6 Å². The molecule has 1 aromatic heterocycles. The van der Waals surface area contributed by atoms with Gasteiger partial charge in [0.2, 0.25) is 5.91 Å². The van der Waals surface area contributed by atoms with Crippen molar-refractivity contribution in [3.05, 3.63) is 52.6 Å². The van der Waals surface area contributed by atoms with Gasteiger partial charge in [-0.15, -0.1) is 0 Å². The molecule has 0 radical (unpaired) electrons. The Balaban J connectivity index is 2.13. The zero-order chi connectivity index (χ0) is 18.4. The molecule has 132 valence electrons. The largest absolute Gasteiger partial charge is 0.359 e. The van der Waals surface area contributed by atoms with Gasteiger partial charge in [0, 0.05) is 30.1 Å². The highest BCUT2D eigenvalue weighted by molar-refractivity contribution is 5.95. The van der Waals surface area contributed by atoms with E-state index in [-0.39, 0.29) is 17.4 Å². The predicted octanol–water partition coefficient (Wildman–Crippen LogP) is 1.47. The lowest BCUT2D eigenvalue weighted by Crippen LogP contribution is -2.44. The Bertz CT molecular complexity index is 827. The summed E-state index contributed by atoms with van der Waals surface area (Å²) in [6, 6.07) is 6.92. The van der Waals surface area contributed by atoms with E-state index >= 15 is 0 Å². The molecule has 2 rings (SSSR count). The predicted molar refractivity (Wildman–Crippen MR) is 95.1 cm³/mol. The third-order valence-corrected chi connectivity index (χ3v) is 3.80. The molecule has 0 aliphatic carbocycles. The second kappa shape index (κ2) is 7.74. The van der Waals surface area contributed by atoms with Crippen LogP contribution in [0.25, 0.3) is 11.3 Å². The van der Waals surface area contributed by atoms with Gasteiger partial charge in [-0.1, -0.05) is 12.1 Å². The Kier molecular flexibility index (Phi) is 5.69. The van der Waals surface area contributed by atoms with E-state index in [1.54, 1.807) is 31.3 Å². The molecule has 3 N–H and O–H groups in total. The molecule has 7 heteroatoms. The quantitative estimate of drug-likeness (QED) is 0.739. The normalized spacial score (nSPS) is 11.0. The maximum atomic E-state index is 12.5. The van der Waals surface area contributed by atoms with Crippen LogP contribution >= 0.6 is 0 Å². The van der Waals surface area contributed by atoms with Crippen molar-refractivity contribution in [2.45, 2.75) is 32.2 Å². The Hall–Kier alpha value is -2.96. The fourth-order valence-corrected chi connectivity index (χ4v) is 2.34. The average Bonchev–Trinajstić information content (AvgIpc) is 2.59. The van der Waals surface area contributed by atoms with Crippen LogP contribution in [0.5, 0.6) is 0 Å². The summed E-state index contributed by atoms with van der Waals surface area (Å²) in [5.41, 5.74) is 0.877. The molecule has 0 spiro atoms. The van der Waals surface area contributed by atoms with Gasteiger partial charge in [0.15, 0.2) is 0 Å². The number of hydrogen-bond donors (Lipinski definition) is 3. The molecule has 0 unspecified atom stereocenters. The minimum absolute atomic E-state index is 0.0650. The van der Waals surface area contributed by atoms with Gasteiger partial charge in [-0.25, -0.2) is 0 Å². The summed E-state index contributed by atoms with van der Waals surface area (Å²) in [5.74, 6) is -0.306. The van der Waals surface area contributed by atoms with Gasteiger partial charge in [0.25, 0.3) is 11.5 Å². The summed E-state index contributed by atoms with van der Waals surface area (Å²) in [6.45, 7) is 3.74. The van der Waals surface area contributed by atoms with Crippen molar-refractivity contribution in [2.24, 2.45) is 0 Å². The summed E-state index contributed by atoms with van der Waals surface area (Å²) in [6.07, 6.45) is 3.58. The number of aromatic amines is 1. The lowest BCUT2D eigenvalue weighted by Gasteiger charge is -2.26. The molecule has 0 aliphatic rings. The highest BCUT2D eigenvalue weighted by atomic mass is 16.2. The average molecular weight is 342 g/mol.